The van der Waals surface area contributed by atoms with E-state index in [0.717, 1.165) is 25.2 Å². The van der Waals surface area contributed by atoms with Crippen LogP contribution in [0.4, 0.5) is 15.9 Å². The normalized spacial score (nSPS) is 10.4. The number of nitrogens with zero attached hydrogens (tertiary/aromatic N) is 2. The highest BCUT2D eigenvalue weighted by molar-refractivity contribution is 6.34. The number of anilines is 2. The smallest absolute Gasteiger partial charge is 0.260 e. The fourth-order valence-corrected chi connectivity index (χ4v) is 2.35. The summed E-state index contributed by atoms with van der Waals surface area (Å²) in [6, 6.07) is 7.68. The van der Waals surface area contributed by atoms with Gasteiger partial charge >= 0.3 is 0 Å². The zero-order valence-corrected chi connectivity index (χ0v) is 13.9. The topological polar surface area (TPSA) is 45.2 Å². The molecule has 0 spiro atoms. The average molecular weight is 336 g/mol. The van der Waals surface area contributed by atoms with Gasteiger partial charge in [-0.15, -0.1) is 0 Å². The van der Waals surface area contributed by atoms with Gasteiger partial charge in [-0.3, -0.25) is 4.79 Å². The van der Waals surface area contributed by atoms with Crippen LogP contribution in [0.25, 0.3) is 0 Å². The summed E-state index contributed by atoms with van der Waals surface area (Å²) in [5.74, 6) is -0.429. The van der Waals surface area contributed by atoms with Gasteiger partial charge in [-0.05, 0) is 30.7 Å². The predicted octanol–water partition coefficient (Wildman–Crippen LogP) is 4.36. The number of rotatable bonds is 6. The van der Waals surface area contributed by atoms with Crippen LogP contribution in [-0.2, 0) is 0 Å². The summed E-state index contributed by atoms with van der Waals surface area (Å²) in [6.45, 7) is 3.05. The van der Waals surface area contributed by atoms with Gasteiger partial charge in [0.15, 0.2) is 0 Å². The summed E-state index contributed by atoms with van der Waals surface area (Å²) in [4.78, 5) is 18.5. The highest BCUT2D eigenvalue weighted by Gasteiger charge is 2.16. The highest BCUT2D eigenvalue weighted by atomic mass is 35.5. The number of hydrogen-bond donors (Lipinski definition) is 1. The van der Waals surface area contributed by atoms with Crippen LogP contribution in [0.15, 0.2) is 36.5 Å². The van der Waals surface area contributed by atoms with Crippen molar-refractivity contribution in [3.63, 3.8) is 0 Å². The predicted molar refractivity (Wildman–Crippen MR) is 91.8 cm³/mol. The summed E-state index contributed by atoms with van der Waals surface area (Å²) in [5.41, 5.74) is 0.320. The number of hydrogen-bond acceptors (Lipinski definition) is 3. The van der Waals surface area contributed by atoms with Gasteiger partial charge in [0.05, 0.1) is 22.5 Å². The number of aromatic nitrogens is 1. The molecule has 2 aromatic rings. The number of carbonyl (C=O) groups is 1. The third-order valence-corrected chi connectivity index (χ3v) is 3.75. The van der Waals surface area contributed by atoms with E-state index < -0.39 is 11.7 Å². The quantitative estimate of drug-likeness (QED) is 0.853. The lowest BCUT2D eigenvalue weighted by Crippen LogP contribution is -2.19. The van der Waals surface area contributed by atoms with E-state index in [2.05, 4.69) is 17.2 Å². The van der Waals surface area contributed by atoms with E-state index in [-0.39, 0.29) is 10.6 Å². The summed E-state index contributed by atoms with van der Waals surface area (Å²) in [5, 5.41) is 2.68. The summed E-state index contributed by atoms with van der Waals surface area (Å²) < 4.78 is 13.7. The molecule has 0 aliphatic rings. The molecule has 0 aliphatic heterocycles. The van der Waals surface area contributed by atoms with E-state index in [1.54, 1.807) is 12.3 Å². The second kappa shape index (κ2) is 7.92. The van der Waals surface area contributed by atoms with Gasteiger partial charge in [0, 0.05) is 13.6 Å². The van der Waals surface area contributed by atoms with E-state index in [0.29, 0.717) is 5.69 Å². The minimum atomic E-state index is -0.654. The summed E-state index contributed by atoms with van der Waals surface area (Å²) in [6.07, 6.45) is 3.74. The molecule has 0 bridgehead atoms. The van der Waals surface area contributed by atoms with Crippen molar-refractivity contribution in [1.82, 2.24) is 4.98 Å². The van der Waals surface area contributed by atoms with E-state index in [9.17, 15) is 9.18 Å². The summed E-state index contributed by atoms with van der Waals surface area (Å²) >= 11 is 5.88. The lowest BCUT2D eigenvalue weighted by atomic mass is 10.2. The van der Waals surface area contributed by atoms with Gasteiger partial charge in [-0.25, -0.2) is 9.37 Å². The Morgan fingerprint density at radius 2 is 2.13 bits per heavy atom. The Morgan fingerprint density at radius 3 is 2.74 bits per heavy atom. The standard InChI is InChI=1S/C17H19ClFN3O/c1-3-4-10-22(2)15-9-8-12(11-20-15)21-17(23)16-13(18)6-5-7-14(16)19/h5-9,11H,3-4,10H2,1-2H3,(H,21,23). The first-order valence-corrected chi connectivity index (χ1v) is 7.83. The van der Waals surface area contributed by atoms with Gasteiger partial charge in [0.2, 0.25) is 0 Å². The van der Waals surface area contributed by atoms with E-state index in [4.69, 9.17) is 11.6 Å². The molecule has 1 aromatic heterocycles. The number of carbonyl (C=O) groups excluding carboxylic acids is 1. The van der Waals surface area contributed by atoms with Gasteiger partial charge < -0.3 is 10.2 Å². The number of nitrogens with one attached hydrogen (secondary N) is 1. The van der Waals surface area contributed by atoms with Crippen molar-refractivity contribution in [1.29, 1.82) is 0 Å². The van der Waals surface area contributed by atoms with Crippen LogP contribution >= 0.6 is 11.6 Å². The van der Waals surface area contributed by atoms with Crippen LogP contribution in [0, 0.1) is 5.82 Å². The Kier molecular flexibility index (Phi) is 5.93. The zero-order chi connectivity index (χ0) is 16.8. The molecule has 1 amide bonds. The monoisotopic (exact) mass is 335 g/mol. The van der Waals surface area contributed by atoms with Crippen LogP contribution in [0.2, 0.25) is 5.02 Å². The van der Waals surface area contributed by atoms with Crippen molar-refractivity contribution < 1.29 is 9.18 Å². The van der Waals surface area contributed by atoms with E-state index in [1.165, 1.54) is 18.2 Å². The van der Waals surface area contributed by atoms with Gasteiger partial charge in [-0.2, -0.15) is 0 Å². The molecule has 0 aliphatic carbocycles. The molecule has 0 saturated heterocycles. The number of benzene rings is 1. The van der Waals surface area contributed by atoms with Crippen LogP contribution in [0.1, 0.15) is 30.1 Å². The fraction of sp³-hybridized carbons (Fsp3) is 0.294. The molecule has 1 heterocycles. The first kappa shape index (κ1) is 17.2. The van der Waals surface area contributed by atoms with Crippen LogP contribution < -0.4 is 10.2 Å². The third kappa shape index (κ3) is 4.42. The molecule has 0 atom stereocenters. The number of halogens is 2. The molecule has 4 nitrogen and oxygen atoms in total. The van der Waals surface area contributed by atoms with E-state index >= 15 is 0 Å². The number of amides is 1. The molecular formula is C17H19ClFN3O. The lowest BCUT2D eigenvalue weighted by molar-refractivity contribution is 0.102. The largest absolute Gasteiger partial charge is 0.360 e. The Morgan fingerprint density at radius 1 is 1.35 bits per heavy atom. The van der Waals surface area contributed by atoms with Gasteiger partial charge in [-0.1, -0.05) is 31.0 Å². The van der Waals surface area contributed by atoms with Crippen LogP contribution in [-0.4, -0.2) is 24.5 Å². The van der Waals surface area contributed by atoms with Gasteiger partial charge in [0.25, 0.3) is 5.91 Å². The molecule has 1 aromatic carbocycles. The van der Waals surface area contributed by atoms with Crippen molar-refractivity contribution in [2.24, 2.45) is 0 Å². The Balaban J connectivity index is 2.07. The lowest BCUT2D eigenvalue weighted by Gasteiger charge is -2.17. The second-order valence-electron chi connectivity index (χ2n) is 5.23. The van der Waals surface area contributed by atoms with Crippen molar-refractivity contribution in [3.8, 4) is 0 Å². The molecule has 0 unspecified atom stereocenters. The maximum atomic E-state index is 13.7. The molecular weight excluding hydrogens is 317 g/mol. The van der Waals surface area contributed by atoms with E-state index in [1.807, 2.05) is 18.0 Å². The fourth-order valence-electron chi connectivity index (χ4n) is 2.10. The minimum Gasteiger partial charge on any atom is -0.360 e. The average Bonchev–Trinajstić information content (AvgIpc) is 2.53. The number of pyridine rings is 1. The molecule has 23 heavy (non-hydrogen) atoms. The maximum Gasteiger partial charge on any atom is 0.260 e. The maximum absolute atomic E-state index is 13.7. The highest BCUT2D eigenvalue weighted by Crippen LogP contribution is 2.21. The Bertz CT molecular complexity index is 656. The van der Waals surface area contributed by atoms with Crippen molar-refractivity contribution in [3.05, 3.63) is 52.9 Å². The van der Waals surface area contributed by atoms with Crippen molar-refractivity contribution in [2.75, 3.05) is 23.8 Å². The molecule has 1 N–H and O–H groups in total. The van der Waals surface area contributed by atoms with Crippen molar-refractivity contribution in [2.45, 2.75) is 19.8 Å². The van der Waals surface area contributed by atoms with Crippen LogP contribution in [0.3, 0.4) is 0 Å². The Hall–Kier alpha value is -2.14. The minimum absolute atomic E-state index is 0.0754. The third-order valence-electron chi connectivity index (χ3n) is 3.43. The SMILES string of the molecule is CCCCN(C)c1ccc(NC(=O)c2c(F)cccc2Cl)cn1. The number of unbranched alkanes of at least 4 members (excludes halogenated alkanes) is 1. The molecule has 122 valence electrons. The molecule has 0 saturated carbocycles. The molecule has 0 fully saturated rings. The first-order valence-electron chi connectivity index (χ1n) is 7.45. The second-order valence-corrected chi connectivity index (χ2v) is 5.64. The first-order chi connectivity index (χ1) is 11.0. The molecule has 2 rings (SSSR count). The zero-order valence-electron chi connectivity index (χ0n) is 13.1. The van der Waals surface area contributed by atoms with Crippen molar-refractivity contribution >= 4 is 29.0 Å². The molecule has 6 heteroatoms. The van der Waals surface area contributed by atoms with Crippen LogP contribution in [0.5, 0.6) is 0 Å². The molecule has 0 radical (unpaired) electrons. The Labute approximate surface area is 140 Å². The van der Waals surface area contributed by atoms with Gasteiger partial charge in [0.1, 0.15) is 11.6 Å². The summed E-state index contributed by atoms with van der Waals surface area (Å²) in [7, 11) is 1.97.